The van der Waals surface area contributed by atoms with E-state index < -0.39 is 74.4 Å². The lowest BCUT2D eigenvalue weighted by molar-refractivity contribution is -0.341. The summed E-state index contributed by atoms with van der Waals surface area (Å²) in [7, 11) is 0. The second-order valence-corrected chi connectivity index (χ2v) is 7.62. The predicted octanol–water partition coefficient (Wildman–Crippen LogP) is -3.98. The summed E-state index contributed by atoms with van der Waals surface area (Å²) in [5.41, 5.74) is 0. The van der Waals surface area contributed by atoms with Gasteiger partial charge in [0.05, 0.1) is 19.3 Å². The predicted molar refractivity (Wildman–Crippen MR) is 88.7 cm³/mol. The first-order valence-corrected chi connectivity index (χ1v) is 9.39. The third-order valence-electron chi connectivity index (χ3n) is 5.54. The summed E-state index contributed by atoms with van der Waals surface area (Å²) < 4.78 is 16.2. The Morgan fingerprint density at radius 2 is 1.39 bits per heavy atom. The molecule has 0 aromatic rings. The van der Waals surface area contributed by atoms with Crippen LogP contribution in [-0.4, -0.2) is 116 Å². The van der Waals surface area contributed by atoms with Gasteiger partial charge in [0.15, 0.2) is 6.29 Å². The summed E-state index contributed by atoms with van der Waals surface area (Å²) in [6, 6.07) is 0. The zero-order valence-electron chi connectivity index (χ0n) is 15.1. The van der Waals surface area contributed by atoms with Crippen molar-refractivity contribution in [2.75, 3.05) is 13.2 Å². The number of Topliss-reactive ketones (excluding diaryl/α,β-unsaturated/α-hetero) is 1. The van der Waals surface area contributed by atoms with Gasteiger partial charge in [0.1, 0.15) is 54.6 Å². The van der Waals surface area contributed by atoms with E-state index in [0.717, 1.165) is 12.8 Å². The van der Waals surface area contributed by atoms with Gasteiger partial charge in [0.25, 0.3) is 0 Å². The number of rotatable bonds is 7. The number of aliphatic hydroxyl groups excluding tert-OH is 7. The van der Waals surface area contributed by atoms with E-state index in [0.29, 0.717) is 0 Å². The molecule has 1 aliphatic carbocycles. The minimum Gasteiger partial charge on any atom is -0.394 e. The summed E-state index contributed by atoms with van der Waals surface area (Å²) in [4.78, 5) is 12.0. The van der Waals surface area contributed by atoms with Crippen LogP contribution in [0, 0.1) is 5.92 Å². The zero-order valence-corrected chi connectivity index (χ0v) is 15.1. The van der Waals surface area contributed by atoms with E-state index in [4.69, 9.17) is 14.2 Å². The zero-order chi connectivity index (χ0) is 20.6. The van der Waals surface area contributed by atoms with Gasteiger partial charge in [-0.1, -0.05) is 0 Å². The van der Waals surface area contributed by atoms with Crippen LogP contribution in [0.3, 0.4) is 0 Å². The number of carbonyl (C=O) groups is 1. The van der Waals surface area contributed by atoms with Crippen LogP contribution in [-0.2, 0) is 19.0 Å². The van der Waals surface area contributed by atoms with E-state index in [1.807, 2.05) is 0 Å². The standard InChI is InChI=1S/C17H28O11/c18-4-9-12(22)13(23)15(25)17(27-9)28-16-10(5-19)26-8(11(21)14(16)24)3-7(20)6-1-2-6/h6,8-19,21-25H,1-5H2/t8-,9+,10+,11-,12-,13-,14+,15+,16+,17-/m0/s1. The van der Waals surface area contributed by atoms with E-state index in [1.165, 1.54) is 0 Å². The van der Waals surface area contributed by atoms with Crippen molar-refractivity contribution in [2.24, 2.45) is 5.92 Å². The molecule has 0 bridgehead atoms. The fourth-order valence-electron chi connectivity index (χ4n) is 3.61. The minimum absolute atomic E-state index is 0.0522. The number of carbonyl (C=O) groups excluding carboxylic acids is 1. The fourth-order valence-corrected chi connectivity index (χ4v) is 3.61. The Kier molecular flexibility index (Phi) is 7.03. The molecule has 3 aliphatic rings. The SMILES string of the molecule is O=C(C[C@@H]1O[C@H](CO)[C@@H](O[C@@H]2O[C@H](CO)[C@H](O)[C@H](O)[C@H]2O)[C@H](O)[C@H]1O)C1CC1. The van der Waals surface area contributed by atoms with Gasteiger partial charge in [-0.2, -0.15) is 0 Å². The first-order valence-electron chi connectivity index (χ1n) is 9.39. The Balaban J connectivity index is 1.68. The highest BCUT2D eigenvalue weighted by Crippen LogP contribution is 2.34. The van der Waals surface area contributed by atoms with Crippen molar-refractivity contribution < 1.29 is 54.8 Å². The van der Waals surface area contributed by atoms with Crippen LogP contribution in [0.1, 0.15) is 19.3 Å². The molecule has 3 fully saturated rings. The first kappa shape index (κ1) is 22.0. The van der Waals surface area contributed by atoms with Crippen LogP contribution in [0.5, 0.6) is 0 Å². The summed E-state index contributed by atoms with van der Waals surface area (Å²) in [5.74, 6) is -0.134. The maximum absolute atomic E-state index is 12.0. The molecular weight excluding hydrogens is 380 g/mol. The lowest BCUT2D eigenvalue weighted by Gasteiger charge is -2.46. The Bertz CT molecular complexity index is 537. The topological polar surface area (TPSA) is 186 Å². The van der Waals surface area contributed by atoms with Crippen molar-refractivity contribution in [1.82, 2.24) is 0 Å². The number of ether oxygens (including phenoxy) is 3. The monoisotopic (exact) mass is 408 g/mol. The van der Waals surface area contributed by atoms with Crippen molar-refractivity contribution in [3.05, 3.63) is 0 Å². The molecule has 0 aromatic carbocycles. The molecule has 162 valence electrons. The van der Waals surface area contributed by atoms with Crippen LogP contribution in [0.4, 0.5) is 0 Å². The van der Waals surface area contributed by atoms with Gasteiger partial charge >= 0.3 is 0 Å². The Labute approximate surface area is 161 Å². The van der Waals surface area contributed by atoms with Gasteiger partial charge in [-0.15, -0.1) is 0 Å². The maximum Gasteiger partial charge on any atom is 0.187 e. The number of aliphatic hydroxyl groups is 7. The van der Waals surface area contributed by atoms with Crippen LogP contribution in [0.15, 0.2) is 0 Å². The quantitative estimate of drug-likeness (QED) is 0.218. The van der Waals surface area contributed by atoms with Gasteiger partial charge < -0.3 is 50.0 Å². The number of hydrogen-bond acceptors (Lipinski definition) is 11. The molecule has 1 saturated carbocycles. The molecule has 0 unspecified atom stereocenters. The summed E-state index contributed by atoms with van der Waals surface area (Å²) in [5, 5.41) is 69.3. The molecule has 0 spiro atoms. The van der Waals surface area contributed by atoms with E-state index >= 15 is 0 Å². The molecule has 7 N–H and O–H groups in total. The highest BCUT2D eigenvalue weighted by molar-refractivity contribution is 5.83. The molecular formula is C17H28O11. The molecule has 0 amide bonds. The third kappa shape index (κ3) is 4.38. The Morgan fingerprint density at radius 3 is 1.96 bits per heavy atom. The lowest BCUT2D eigenvalue weighted by Crippen LogP contribution is -2.64. The molecule has 2 saturated heterocycles. The molecule has 0 aromatic heterocycles. The molecule has 28 heavy (non-hydrogen) atoms. The molecule has 10 atom stereocenters. The maximum atomic E-state index is 12.0. The molecule has 11 nitrogen and oxygen atoms in total. The lowest BCUT2D eigenvalue weighted by atomic mass is 9.91. The van der Waals surface area contributed by atoms with Gasteiger partial charge in [-0.3, -0.25) is 4.79 Å². The van der Waals surface area contributed by atoms with Gasteiger partial charge in [-0.25, -0.2) is 0 Å². The van der Waals surface area contributed by atoms with Crippen LogP contribution >= 0.6 is 0 Å². The van der Waals surface area contributed by atoms with Gasteiger partial charge in [0, 0.05) is 12.3 Å². The number of hydrogen-bond donors (Lipinski definition) is 7. The fraction of sp³-hybridized carbons (Fsp3) is 0.941. The second-order valence-electron chi connectivity index (χ2n) is 7.62. The van der Waals surface area contributed by atoms with Crippen LogP contribution < -0.4 is 0 Å². The highest BCUT2D eigenvalue weighted by atomic mass is 16.7. The minimum atomic E-state index is -1.71. The smallest absolute Gasteiger partial charge is 0.187 e. The largest absolute Gasteiger partial charge is 0.394 e. The Hall–Kier alpha value is -0.730. The molecule has 3 rings (SSSR count). The van der Waals surface area contributed by atoms with Crippen molar-refractivity contribution in [1.29, 1.82) is 0 Å². The molecule has 2 heterocycles. The average molecular weight is 408 g/mol. The van der Waals surface area contributed by atoms with Crippen LogP contribution in [0.2, 0.25) is 0 Å². The molecule has 2 aliphatic heterocycles. The van der Waals surface area contributed by atoms with Gasteiger partial charge in [-0.05, 0) is 12.8 Å². The van der Waals surface area contributed by atoms with Crippen molar-refractivity contribution in [2.45, 2.75) is 80.5 Å². The van der Waals surface area contributed by atoms with E-state index in [1.54, 1.807) is 0 Å². The molecule has 0 radical (unpaired) electrons. The highest BCUT2D eigenvalue weighted by Gasteiger charge is 2.50. The third-order valence-corrected chi connectivity index (χ3v) is 5.54. The van der Waals surface area contributed by atoms with E-state index in [9.17, 15) is 40.5 Å². The van der Waals surface area contributed by atoms with Crippen molar-refractivity contribution >= 4 is 5.78 Å². The van der Waals surface area contributed by atoms with Crippen molar-refractivity contribution in [3.63, 3.8) is 0 Å². The van der Waals surface area contributed by atoms with E-state index in [-0.39, 0.29) is 18.1 Å². The summed E-state index contributed by atoms with van der Waals surface area (Å²) in [6.45, 7) is -1.27. The van der Waals surface area contributed by atoms with E-state index in [2.05, 4.69) is 0 Å². The van der Waals surface area contributed by atoms with Crippen LogP contribution in [0.25, 0.3) is 0 Å². The molecule has 11 heteroatoms. The Morgan fingerprint density at radius 1 is 0.786 bits per heavy atom. The second kappa shape index (κ2) is 8.96. The average Bonchev–Trinajstić information content (AvgIpc) is 3.52. The van der Waals surface area contributed by atoms with Crippen molar-refractivity contribution in [3.8, 4) is 0 Å². The normalized spacial score (nSPS) is 47.1. The number of ketones is 1. The first-order chi connectivity index (χ1) is 13.3. The van der Waals surface area contributed by atoms with Gasteiger partial charge in [0.2, 0.25) is 0 Å². The summed E-state index contributed by atoms with van der Waals surface area (Å²) in [6.07, 6.45) is -12.9. The summed E-state index contributed by atoms with van der Waals surface area (Å²) >= 11 is 0.